The maximum atomic E-state index is 11.7. The third-order valence-electron chi connectivity index (χ3n) is 2.11. The fraction of sp³-hybridized carbons (Fsp3) is 0.364. The molecule has 18 heavy (non-hydrogen) atoms. The Morgan fingerprint density at radius 3 is 2.56 bits per heavy atom. The number of carbonyl (C=O) groups excluding carboxylic acids is 1. The minimum Gasteiger partial charge on any atom is -0.444 e. The van der Waals surface area contributed by atoms with Crippen LogP contribution in [-0.4, -0.2) is 16.1 Å². The fourth-order valence-electron chi connectivity index (χ4n) is 1.09. The minimum atomic E-state index is -0.525. The molecule has 96 valence electrons. The van der Waals surface area contributed by atoms with Crippen LogP contribution in [0.3, 0.4) is 0 Å². The average molecular weight is 314 g/mol. The van der Waals surface area contributed by atoms with Crippen LogP contribution in [-0.2, 0) is 4.79 Å². The molecule has 2 aromatic heterocycles. The summed E-state index contributed by atoms with van der Waals surface area (Å²) in [4.78, 5) is 11.7. The number of nitrogens with one attached hydrogen (secondary N) is 1. The van der Waals surface area contributed by atoms with Gasteiger partial charge in [-0.2, -0.15) is 0 Å². The number of amides is 1. The largest absolute Gasteiger partial charge is 0.444 e. The fourth-order valence-corrected chi connectivity index (χ4v) is 1.39. The first kappa shape index (κ1) is 12.8. The topological polar surface area (TPSA) is 81.2 Å². The Labute approximate surface area is 112 Å². The van der Waals surface area contributed by atoms with Gasteiger partial charge in [-0.3, -0.25) is 10.1 Å². The van der Waals surface area contributed by atoms with Gasteiger partial charge in [-0.25, -0.2) is 0 Å². The van der Waals surface area contributed by atoms with E-state index in [-0.39, 0.29) is 17.8 Å². The van der Waals surface area contributed by atoms with Crippen molar-refractivity contribution in [2.45, 2.75) is 20.8 Å². The molecule has 0 aromatic carbocycles. The molecule has 6 nitrogen and oxygen atoms in total. The van der Waals surface area contributed by atoms with Crippen molar-refractivity contribution in [3.05, 3.63) is 16.8 Å². The Bertz CT molecular complexity index is 568. The lowest BCUT2D eigenvalue weighted by atomic mass is 9.96. The van der Waals surface area contributed by atoms with Gasteiger partial charge in [0.1, 0.15) is 0 Å². The second-order valence-electron chi connectivity index (χ2n) is 4.72. The van der Waals surface area contributed by atoms with E-state index in [0.717, 1.165) is 0 Å². The first-order chi connectivity index (χ1) is 8.36. The molecule has 0 spiro atoms. The second-order valence-corrected chi connectivity index (χ2v) is 5.50. The molecule has 0 radical (unpaired) electrons. The van der Waals surface area contributed by atoms with Gasteiger partial charge < -0.3 is 8.83 Å². The van der Waals surface area contributed by atoms with E-state index in [1.165, 1.54) is 0 Å². The van der Waals surface area contributed by atoms with Crippen molar-refractivity contribution >= 4 is 27.9 Å². The van der Waals surface area contributed by atoms with Gasteiger partial charge in [-0.1, -0.05) is 25.9 Å². The summed E-state index contributed by atoms with van der Waals surface area (Å²) in [6, 6.07) is 3.46. The highest BCUT2D eigenvalue weighted by atomic mass is 79.9. The van der Waals surface area contributed by atoms with Gasteiger partial charge in [0.25, 0.3) is 5.89 Å². The smallest absolute Gasteiger partial charge is 0.322 e. The van der Waals surface area contributed by atoms with Crippen molar-refractivity contribution in [1.82, 2.24) is 10.2 Å². The number of hydrogen-bond donors (Lipinski definition) is 1. The number of hydrogen-bond acceptors (Lipinski definition) is 5. The molecule has 0 saturated heterocycles. The zero-order valence-corrected chi connectivity index (χ0v) is 11.7. The predicted molar refractivity (Wildman–Crippen MR) is 67.8 cm³/mol. The van der Waals surface area contributed by atoms with Crippen molar-refractivity contribution in [3.63, 3.8) is 0 Å². The Hall–Kier alpha value is -1.63. The molecule has 0 saturated carbocycles. The van der Waals surface area contributed by atoms with Crippen LogP contribution in [0, 0.1) is 5.41 Å². The number of halogens is 1. The monoisotopic (exact) mass is 313 g/mol. The summed E-state index contributed by atoms with van der Waals surface area (Å²) in [7, 11) is 0. The minimum absolute atomic E-state index is 0.0532. The van der Waals surface area contributed by atoms with E-state index in [4.69, 9.17) is 8.83 Å². The van der Waals surface area contributed by atoms with Crippen molar-refractivity contribution in [1.29, 1.82) is 0 Å². The lowest BCUT2D eigenvalue weighted by molar-refractivity contribution is -0.123. The van der Waals surface area contributed by atoms with Gasteiger partial charge >= 0.3 is 6.01 Å². The molecule has 7 heteroatoms. The van der Waals surface area contributed by atoms with E-state index in [1.54, 1.807) is 32.9 Å². The summed E-state index contributed by atoms with van der Waals surface area (Å²) >= 11 is 3.18. The molecule has 0 fully saturated rings. The van der Waals surface area contributed by atoms with Crippen molar-refractivity contribution in [2.75, 3.05) is 5.32 Å². The highest BCUT2D eigenvalue weighted by molar-refractivity contribution is 9.10. The Balaban J connectivity index is 2.14. The molecule has 1 amide bonds. The van der Waals surface area contributed by atoms with Crippen LogP contribution in [0.25, 0.3) is 11.7 Å². The van der Waals surface area contributed by atoms with E-state index in [2.05, 4.69) is 31.4 Å². The van der Waals surface area contributed by atoms with Crippen molar-refractivity contribution in [2.24, 2.45) is 5.41 Å². The van der Waals surface area contributed by atoms with Crippen LogP contribution in [0.5, 0.6) is 0 Å². The highest BCUT2D eigenvalue weighted by Crippen LogP contribution is 2.25. The maximum absolute atomic E-state index is 11.7. The van der Waals surface area contributed by atoms with Gasteiger partial charge in [0.05, 0.1) is 0 Å². The van der Waals surface area contributed by atoms with Crippen LogP contribution in [0.4, 0.5) is 6.01 Å². The Morgan fingerprint density at radius 2 is 2.00 bits per heavy atom. The number of furan rings is 1. The van der Waals surface area contributed by atoms with Gasteiger partial charge in [0, 0.05) is 5.41 Å². The Kier molecular flexibility index (Phi) is 3.25. The van der Waals surface area contributed by atoms with Crippen molar-refractivity contribution in [3.8, 4) is 11.7 Å². The highest BCUT2D eigenvalue weighted by Gasteiger charge is 2.23. The van der Waals surface area contributed by atoms with E-state index < -0.39 is 5.41 Å². The summed E-state index contributed by atoms with van der Waals surface area (Å²) in [5, 5.41) is 10.1. The first-order valence-corrected chi connectivity index (χ1v) is 6.06. The third-order valence-corrected chi connectivity index (χ3v) is 2.54. The summed E-state index contributed by atoms with van der Waals surface area (Å²) in [5.74, 6) is 0.453. The number of carbonyl (C=O) groups is 1. The summed E-state index contributed by atoms with van der Waals surface area (Å²) in [6.45, 7) is 5.38. The lowest BCUT2D eigenvalue weighted by Gasteiger charge is -2.15. The van der Waals surface area contributed by atoms with Crippen LogP contribution in [0.2, 0.25) is 0 Å². The Morgan fingerprint density at radius 1 is 1.28 bits per heavy atom. The molecule has 0 aliphatic carbocycles. The number of anilines is 1. The van der Waals surface area contributed by atoms with Crippen LogP contribution in [0.1, 0.15) is 20.8 Å². The number of nitrogens with zero attached hydrogens (tertiary/aromatic N) is 2. The van der Waals surface area contributed by atoms with Gasteiger partial charge in [0.2, 0.25) is 5.91 Å². The zero-order chi connectivity index (χ0) is 13.3. The molecular weight excluding hydrogens is 302 g/mol. The molecular formula is C11H12BrN3O3. The predicted octanol–water partition coefficient (Wildman–Crippen LogP) is 3.08. The molecule has 2 aromatic rings. The first-order valence-electron chi connectivity index (χ1n) is 5.27. The van der Waals surface area contributed by atoms with Gasteiger partial charge in [-0.05, 0) is 28.1 Å². The van der Waals surface area contributed by atoms with E-state index in [9.17, 15) is 4.79 Å². The molecule has 1 N–H and O–H groups in total. The number of aromatic nitrogens is 2. The molecule has 2 heterocycles. The summed E-state index contributed by atoms with van der Waals surface area (Å²) < 4.78 is 11.1. The van der Waals surface area contributed by atoms with E-state index >= 15 is 0 Å². The molecule has 2 rings (SSSR count). The van der Waals surface area contributed by atoms with E-state index in [1.807, 2.05) is 0 Å². The van der Waals surface area contributed by atoms with Gasteiger partial charge in [0.15, 0.2) is 10.4 Å². The normalized spacial score (nSPS) is 11.6. The molecule has 0 atom stereocenters. The lowest BCUT2D eigenvalue weighted by Crippen LogP contribution is -2.27. The SMILES string of the molecule is CC(C)(C)C(=O)Nc1nnc(-c2ccc(Br)o2)o1. The number of rotatable bonds is 2. The van der Waals surface area contributed by atoms with Crippen molar-refractivity contribution < 1.29 is 13.6 Å². The third kappa shape index (κ3) is 2.79. The maximum Gasteiger partial charge on any atom is 0.322 e. The summed E-state index contributed by atoms with van der Waals surface area (Å²) in [5.41, 5.74) is -0.525. The zero-order valence-electron chi connectivity index (χ0n) is 10.2. The van der Waals surface area contributed by atoms with Crippen LogP contribution >= 0.6 is 15.9 Å². The van der Waals surface area contributed by atoms with Crippen LogP contribution in [0.15, 0.2) is 25.6 Å². The van der Waals surface area contributed by atoms with E-state index in [0.29, 0.717) is 10.4 Å². The van der Waals surface area contributed by atoms with Gasteiger partial charge in [-0.15, -0.1) is 5.10 Å². The van der Waals surface area contributed by atoms with Crippen LogP contribution < -0.4 is 5.32 Å². The molecule has 0 unspecified atom stereocenters. The quantitative estimate of drug-likeness (QED) is 0.921. The molecule has 0 bridgehead atoms. The average Bonchev–Trinajstić information content (AvgIpc) is 2.85. The molecule has 0 aliphatic heterocycles. The summed E-state index contributed by atoms with van der Waals surface area (Å²) in [6.07, 6.45) is 0. The standard InChI is InChI=1S/C11H12BrN3O3/c1-11(2,3)9(16)13-10-15-14-8(18-10)6-4-5-7(12)17-6/h4-5H,1-3H3,(H,13,15,16). The molecule has 0 aliphatic rings. The second kappa shape index (κ2) is 4.56.